The molecule has 3 N–H and O–H groups in total. The van der Waals surface area contributed by atoms with Crippen molar-refractivity contribution in [3.63, 3.8) is 0 Å². The monoisotopic (exact) mass is 475 g/mol. The highest BCUT2D eigenvalue weighted by molar-refractivity contribution is 9.10. The molecule has 8 nitrogen and oxygen atoms in total. The number of non-ortho nitro benzene ring substituents is 1. The standard InChI is InChI=1S/C17H13BrF3N3O5/c1-8(29-16(26)11-6-9(18)2-4-13(11)22)15(25)23-14-5-3-10(24(27)28)7-12(14)17(19,20)21/h2-8H,22H2,1H3,(H,23,25). The van der Waals surface area contributed by atoms with Crippen molar-refractivity contribution < 1.29 is 32.4 Å². The predicted molar refractivity (Wildman–Crippen MR) is 100 cm³/mol. The minimum absolute atomic E-state index is 0.0367. The fourth-order valence-electron chi connectivity index (χ4n) is 2.21. The number of nitro benzene ring substituents is 1. The summed E-state index contributed by atoms with van der Waals surface area (Å²) in [7, 11) is 0. The van der Waals surface area contributed by atoms with Crippen LogP contribution in [0.25, 0.3) is 0 Å². The lowest BCUT2D eigenvalue weighted by atomic mass is 10.1. The number of hydrogen-bond acceptors (Lipinski definition) is 6. The fraction of sp³-hybridized carbons (Fsp3) is 0.176. The highest BCUT2D eigenvalue weighted by Gasteiger charge is 2.36. The Kier molecular flexibility index (Phi) is 6.47. The Hall–Kier alpha value is -3.15. The van der Waals surface area contributed by atoms with Crippen LogP contribution in [0.5, 0.6) is 0 Å². The Morgan fingerprint density at radius 3 is 2.48 bits per heavy atom. The summed E-state index contributed by atoms with van der Waals surface area (Å²) in [5.74, 6) is -2.02. The number of carbonyl (C=O) groups excluding carboxylic acids is 2. The number of halogens is 4. The Morgan fingerprint density at radius 1 is 1.24 bits per heavy atom. The van der Waals surface area contributed by atoms with Crippen LogP contribution < -0.4 is 11.1 Å². The number of hydrogen-bond donors (Lipinski definition) is 2. The van der Waals surface area contributed by atoms with Crippen LogP contribution in [-0.2, 0) is 15.7 Å². The van der Waals surface area contributed by atoms with Crippen LogP contribution in [0, 0.1) is 10.1 Å². The van der Waals surface area contributed by atoms with Gasteiger partial charge < -0.3 is 15.8 Å². The first-order valence-electron chi connectivity index (χ1n) is 7.82. The molecule has 154 valence electrons. The number of nitro groups is 1. The topological polar surface area (TPSA) is 125 Å². The van der Waals surface area contributed by atoms with E-state index in [1.165, 1.54) is 12.1 Å². The molecule has 0 aliphatic heterocycles. The van der Waals surface area contributed by atoms with Crippen molar-refractivity contribution in [3.8, 4) is 0 Å². The highest BCUT2D eigenvalue weighted by atomic mass is 79.9. The maximum absolute atomic E-state index is 13.2. The van der Waals surface area contributed by atoms with Crippen molar-refractivity contribution in [1.82, 2.24) is 0 Å². The van der Waals surface area contributed by atoms with Crippen LogP contribution in [0.4, 0.5) is 30.2 Å². The van der Waals surface area contributed by atoms with Gasteiger partial charge in [-0.15, -0.1) is 0 Å². The van der Waals surface area contributed by atoms with Gasteiger partial charge in [0.15, 0.2) is 6.10 Å². The molecule has 1 amide bonds. The zero-order chi connectivity index (χ0) is 21.9. The molecule has 0 spiro atoms. The molecule has 2 aromatic rings. The molecule has 0 bridgehead atoms. The van der Waals surface area contributed by atoms with Gasteiger partial charge in [-0.3, -0.25) is 14.9 Å². The first kappa shape index (κ1) is 22.1. The molecule has 2 rings (SSSR count). The SMILES string of the molecule is CC(OC(=O)c1cc(Br)ccc1N)C(=O)Nc1ccc([N+](=O)[O-])cc1C(F)(F)F. The lowest BCUT2D eigenvalue weighted by Gasteiger charge is -2.17. The second kappa shape index (κ2) is 8.47. The smallest absolute Gasteiger partial charge is 0.418 e. The van der Waals surface area contributed by atoms with Gasteiger partial charge in [-0.05, 0) is 31.2 Å². The van der Waals surface area contributed by atoms with Crippen LogP contribution in [-0.4, -0.2) is 22.9 Å². The van der Waals surface area contributed by atoms with Gasteiger partial charge in [0.2, 0.25) is 0 Å². The average molecular weight is 476 g/mol. The number of nitrogen functional groups attached to an aromatic ring is 1. The Morgan fingerprint density at radius 2 is 1.90 bits per heavy atom. The molecule has 1 unspecified atom stereocenters. The minimum atomic E-state index is -4.96. The summed E-state index contributed by atoms with van der Waals surface area (Å²) in [4.78, 5) is 34.1. The number of nitrogens with zero attached hydrogens (tertiary/aromatic N) is 1. The number of nitrogens with two attached hydrogens (primary N) is 1. The van der Waals surface area contributed by atoms with Gasteiger partial charge >= 0.3 is 12.1 Å². The van der Waals surface area contributed by atoms with E-state index in [1.54, 1.807) is 6.07 Å². The first-order valence-corrected chi connectivity index (χ1v) is 8.62. The highest BCUT2D eigenvalue weighted by Crippen LogP contribution is 2.37. The third kappa shape index (κ3) is 5.44. The minimum Gasteiger partial charge on any atom is -0.449 e. The van der Waals surface area contributed by atoms with E-state index in [-0.39, 0.29) is 11.3 Å². The second-order valence-corrected chi connectivity index (χ2v) is 6.67. The number of benzene rings is 2. The molecule has 1 atom stereocenters. The zero-order valence-electron chi connectivity index (χ0n) is 14.6. The molecule has 29 heavy (non-hydrogen) atoms. The average Bonchev–Trinajstić information content (AvgIpc) is 2.62. The fourth-order valence-corrected chi connectivity index (χ4v) is 2.57. The van der Waals surface area contributed by atoms with Gasteiger partial charge in [0.05, 0.1) is 21.7 Å². The van der Waals surface area contributed by atoms with E-state index in [9.17, 15) is 32.9 Å². The quantitative estimate of drug-likeness (QED) is 0.289. The maximum atomic E-state index is 13.2. The van der Waals surface area contributed by atoms with Gasteiger partial charge in [-0.2, -0.15) is 13.2 Å². The maximum Gasteiger partial charge on any atom is 0.418 e. The molecule has 0 heterocycles. The molecular formula is C17H13BrF3N3O5. The molecule has 0 saturated carbocycles. The number of carbonyl (C=O) groups is 2. The van der Waals surface area contributed by atoms with Crippen molar-refractivity contribution in [3.05, 3.63) is 62.1 Å². The van der Waals surface area contributed by atoms with Crippen LogP contribution in [0.3, 0.4) is 0 Å². The molecule has 12 heteroatoms. The summed E-state index contributed by atoms with van der Waals surface area (Å²) in [6.07, 6.45) is -6.43. The van der Waals surface area contributed by atoms with E-state index in [1.807, 2.05) is 5.32 Å². The van der Waals surface area contributed by atoms with Gasteiger partial charge in [0.1, 0.15) is 0 Å². The summed E-state index contributed by atoms with van der Waals surface area (Å²) < 4.78 is 45.0. The van der Waals surface area contributed by atoms with Gasteiger partial charge in [0.25, 0.3) is 11.6 Å². The number of rotatable bonds is 5. The van der Waals surface area contributed by atoms with Crippen LogP contribution in [0.2, 0.25) is 0 Å². The molecule has 0 fully saturated rings. The van der Waals surface area contributed by atoms with Gasteiger partial charge in [0, 0.05) is 22.3 Å². The molecule has 2 aromatic carbocycles. The number of nitrogens with one attached hydrogen (secondary N) is 1. The Labute approximate surface area is 170 Å². The normalized spacial score (nSPS) is 12.2. The predicted octanol–water partition coefficient (Wildman–Crippen LogP) is 4.14. The summed E-state index contributed by atoms with van der Waals surface area (Å²) in [6, 6.07) is 6.23. The number of alkyl halides is 3. The van der Waals surface area contributed by atoms with Gasteiger partial charge in [-0.25, -0.2) is 4.79 Å². The van der Waals surface area contributed by atoms with Crippen LogP contribution in [0.15, 0.2) is 40.9 Å². The van der Waals surface area contributed by atoms with Crippen LogP contribution >= 0.6 is 15.9 Å². The Balaban J connectivity index is 2.20. The summed E-state index contributed by atoms with van der Waals surface area (Å²) in [6.45, 7) is 1.15. The first-order chi connectivity index (χ1) is 13.4. The molecule has 0 aliphatic carbocycles. The van der Waals surface area contributed by atoms with E-state index < -0.39 is 46.0 Å². The molecule has 0 aliphatic rings. The van der Waals surface area contributed by atoms with Gasteiger partial charge in [-0.1, -0.05) is 15.9 Å². The summed E-state index contributed by atoms with van der Waals surface area (Å²) >= 11 is 3.15. The number of ether oxygens (including phenoxy) is 1. The lowest BCUT2D eigenvalue weighted by Crippen LogP contribution is -2.31. The number of amides is 1. The number of anilines is 2. The summed E-state index contributed by atoms with van der Waals surface area (Å²) in [5.41, 5.74) is 2.81. The molecule has 0 saturated heterocycles. The largest absolute Gasteiger partial charge is 0.449 e. The van der Waals surface area contributed by atoms with Crippen LogP contribution in [0.1, 0.15) is 22.8 Å². The van der Waals surface area contributed by atoms with Crippen molar-refractivity contribution in [1.29, 1.82) is 0 Å². The van der Waals surface area contributed by atoms with E-state index in [4.69, 9.17) is 10.5 Å². The lowest BCUT2D eigenvalue weighted by molar-refractivity contribution is -0.385. The van der Waals surface area contributed by atoms with E-state index in [0.29, 0.717) is 10.5 Å². The second-order valence-electron chi connectivity index (χ2n) is 5.75. The zero-order valence-corrected chi connectivity index (χ0v) is 16.2. The van der Waals surface area contributed by atoms with Crippen molar-refractivity contribution in [2.75, 3.05) is 11.1 Å². The van der Waals surface area contributed by atoms with E-state index >= 15 is 0 Å². The van der Waals surface area contributed by atoms with Crippen molar-refractivity contribution in [2.45, 2.75) is 19.2 Å². The number of esters is 1. The molecule has 0 aromatic heterocycles. The third-order valence-electron chi connectivity index (χ3n) is 3.67. The van der Waals surface area contributed by atoms with E-state index in [2.05, 4.69) is 15.9 Å². The molecular weight excluding hydrogens is 463 g/mol. The third-order valence-corrected chi connectivity index (χ3v) is 4.16. The van der Waals surface area contributed by atoms with Crippen molar-refractivity contribution in [2.24, 2.45) is 0 Å². The van der Waals surface area contributed by atoms with Crippen molar-refractivity contribution >= 4 is 44.9 Å². The summed E-state index contributed by atoms with van der Waals surface area (Å²) in [5, 5.41) is 12.7. The Bertz CT molecular complexity index is 981. The molecule has 0 radical (unpaired) electrons. The van der Waals surface area contributed by atoms with E-state index in [0.717, 1.165) is 19.1 Å².